The highest BCUT2D eigenvalue weighted by Gasteiger charge is 2.28. The number of allylic oxidation sites excluding steroid dienone is 1. The van der Waals surface area contributed by atoms with Crippen LogP contribution in [0.15, 0.2) is 42.2 Å². The number of carboxylic acid groups (broad SMARTS) is 1. The van der Waals surface area contributed by atoms with E-state index in [2.05, 4.69) is 5.32 Å². The van der Waals surface area contributed by atoms with Gasteiger partial charge in [0.15, 0.2) is 23.9 Å². The predicted octanol–water partition coefficient (Wildman–Crippen LogP) is 3.02. The van der Waals surface area contributed by atoms with Crippen LogP contribution >= 0.6 is 11.8 Å². The highest BCUT2D eigenvalue weighted by molar-refractivity contribution is 7.98. The van der Waals surface area contributed by atoms with E-state index in [-0.39, 0.29) is 18.1 Å². The second-order valence-corrected chi connectivity index (χ2v) is 8.19. The first-order chi connectivity index (χ1) is 16.4. The lowest BCUT2D eigenvalue weighted by Crippen LogP contribution is -2.43. The lowest BCUT2D eigenvalue weighted by Gasteiger charge is -2.14. The van der Waals surface area contributed by atoms with Gasteiger partial charge in [-0.3, -0.25) is 9.59 Å². The van der Waals surface area contributed by atoms with Crippen LogP contribution in [0.1, 0.15) is 22.3 Å². The van der Waals surface area contributed by atoms with E-state index in [0.717, 1.165) is 0 Å². The molecule has 0 spiro atoms. The molecule has 2 aromatic rings. The van der Waals surface area contributed by atoms with E-state index in [1.807, 2.05) is 6.26 Å². The molecule has 3 rings (SSSR count). The number of thioether (sulfide) groups is 1. The molecule has 9 nitrogen and oxygen atoms in total. The minimum absolute atomic E-state index is 0.106. The normalized spacial score (nSPS) is 14.2. The average Bonchev–Trinajstić information content (AvgIpc) is 3.14. The third kappa shape index (κ3) is 5.82. The van der Waals surface area contributed by atoms with E-state index in [0.29, 0.717) is 46.3 Å². The molecular formula is C24H25NO8S. The summed E-state index contributed by atoms with van der Waals surface area (Å²) in [5.41, 5.74) is 0.966. The van der Waals surface area contributed by atoms with Crippen molar-refractivity contribution >= 4 is 35.5 Å². The zero-order valence-corrected chi connectivity index (χ0v) is 19.8. The van der Waals surface area contributed by atoms with Gasteiger partial charge in [-0.05, 0) is 42.7 Å². The number of amides is 1. The number of para-hydroxylation sites is 1. The molecule has 2 aromatic carbocycles. The number of hydrogen-bond acceptors (Lipinski definition) is 8. The summed E-state index contributed by atoms with van der Waals surface area (Å²) in [5.74, 6) is 0.334. The molecule has 1 heterocycles. The summed E-state index contributed by atoms with van der Waals surface area (Å²) in [6.45, 7) is -0.376. The number of carboxylic acids is 1. The summed E-state index contributed by atoms with van der Waals surface area (Å²) in [4.78, 5) is 36.2. The number of carbonyl (C=O) groups excluding carboxylic acids is 2. The summed E-state index contributed by atoms with van der Waals surface area (Å²) >= 11 is 1.50. The Balaban J connectivity index is 1.68. The maximum absolute atomic E-state index is 12.8. The van der Waals surface area contributed by atoms with Crippen LogP contribution < -0.4 is 24.3 Å². The molecular weight excluding hydrogens is 462 g/mol. The number of Topliss-reactive ketones (excluding diaryl/α,β-unsaturated/α-hetero) is 1. The number of carbonyl (C=O) groups is 3. The van der Waals surface area contributed by atoms with E-state index >= 15 is 0 Å². The molecule has 0 saturated heterocycles. The smallest absolute Gasteiger partial charge is 0.326 e. The van der Waals surface area contributed by atoms with Gasteiger partial charge in [-0.15, -0.1) is 0 Å². The van der Waals surface area contributed by atoms with E-state index in [1.165, 1.54) is 32.0 Å². The Morgan fingerprint density at radius 3 is 2.68 bits per heavy atom. The Morgan fingerprint density at radius 2 is 2.00 bits per heavy atom. The van der Waals surface area contributed by atoms with Crippen molar-refractivity contribution in [3.05, 3.63) is 53.3 Å². The monoisotopic (exact) mass is 487 g/mol. The quantitative estimate of drug-likeness (QED) is 0.461. The molecule has 180 valence electrons. The zero-order chi connectivity index (χ0) is 24.7. The van der Waals surface area contributed by atoms with Crippen molar-refractivity contribution < 1.29 is 38.4 Å². The molecule has 34 heavy (non-hydrogen) atoms. The number of ketones is 1. The first-order valence-corrected chi connectivity index (χ1v) is 11.7. The number of hydrogen-bond donors (Lipinski definition) is 2. The third-order valence-corrected chi connectivity index (χ3v) is 5.62. The van der Waals surface area contributed by atoms with Crippen molar-refractivity contribution in [1.82, 2.24) is 5.32 Å². The summed E-state index contributed by atoms with van der Waals surface area (Å²) in [5, 5.41) is 11.7. The van der Waals surface area contributed by atoms with Gasteiger partial charge in [-0.2, -0.15) is 11.8 Å². The molecule has 0 aromatic heterocycles. The van der Waals surface area contributed by atoms with Gasteiger partial charge in [0.25, 0.3) is 5.91 Å². The molecule has 0 unspecified atom stereocenters. The van der Waals surface area contributed by atoms with E-state index in [1.54, 1.807) is 36.4 Å². The second-order valence-electron chi connectivity index (χ2n) is 7.21. The fraction of sp³-hybridized carbons (Fsp3) is 0.292. The van der Waals surface area contributed by atoms with Gasteiger partial charge in [-0.1, -0.05) is 12.1 Å². The molecule has 0 bridgehead atoms. The minimum Gasteiger partial charge on any atom is -0.493 e. The van der Waals surface area contributed by atoms with Gasteiger partial charge in [-0.25, -0.2) is 4.79 Å². The highest BCUT2D eigenvalue weighted by atomic mass is 32.2. The van der Waals surface area contributed by atoms with Crippen LogP contribution in [0.3, 0.4) is 0 Å². The molecule has 0 aliphatic carbocycles. The number of benzene rings is 2. The van der Waals surface area contributed by atoms with Crippen LogP contribution in [-0.4, -0.2) is 61.6 Å². The first-order valence-electron chi connectivity index (χ1n) is 10.3. The maximum Gasteiger partial charge on any atom is 0.326 e. The summed E-state index contributed by atoms with van der Waals surface area (Å²) in [6.07, 6.45) is 3.74. The lowest BCUT2D eigenvalue weighted by atomic mass is 10.1. The SMILES string of the molecule is COc1cccc(/C=C2\Oc3cc(OCC(=O)N[C@H](CCSC)C(=O)O)ccc3C2=O)c1OC. The van der Waals surface area contributed by atoms with Gasteiger partial charge in [0.05, 0.1) is 19.8 Å². The van der Waals surface area contributed by atoms with Crippen molar-refractivity contribution in [1.29, 1.82) is 0 Å². The Kier molecular flexibility index (Phi) is 8.42. The Bertz CT molecular complexity index is 1110. The van der Waals surface area contributed by atoms with Crippen LogP contribution in [0, 0.1) is 0 Å². The van der Waals surface area contributed by atoms with Crippen LogP contribution in [0.2, 0.25) is 0 Å². The van der Waals surface area contributed by atoms with Crippen molar-refractivity contribution in [3.8, 4) is 23.0 Å². The Morgan fingerprint density at radius 1 is 1.21 bits per heavy atom. The van der Waals surface area contributed by atoms with Gasteiger partial charge in [0.1, 0.15) is 17.5 Å². The fourth-order valence-electron chi connectivity index (χ4n) is 3.30. The van der Waals surface area contributed by atoms with Crippen molar-refractivity contribution in [3.63, 3.8) is 0 Å². The zero-order valence-electron chi connectivity index (χ0n) is 19.0. The minimum atomic E-state index is -1.10. The maximum atomic E-state index is 12.8. The molecule has 1 aliphatic heterocycles. The van der Waals surface area contributed by atoms with Crippen LogP contribution in [-0.2, 0) is 9.59 Å². The second kappa shape index (κ2) is 11.5. The topological polar surface area (TPSA) is 120 Å². The molecule has 0 radical (unpaired) electrons. The molecule has 1 atom stereocenters. The molecule has 10 heteroatoms. The Labute approximate surface area is 201 Å². The fourth-order valence-corrected chi connectivity index (χ4v) is 3.77. The molecule has 1 amide bonds. The van der Waals surface area contributed by atoms with Crippen LogP contribution in [0.4, 0.5) is 0 Å². The standard InChI is InChI=1S/C24H25NO8S/c1-30-18-6-4-5-14(23(18)31-2)11-20-22(27)16-8-7-15(12-19(16)33-20)32-13-21(26)25-17(24(28)29)9-10-34-3/h4-8,11-12,17H,9-10,13H2,1-3H3,(H,25,26)(H,28,29)/b20-11-/t17-/m1/s1. The number of ether oxygens (including phenoxy) is 4. The van der Waals surface area contributed by atoms with E-state index in [4.69, 9.17) is 18.9 Å². The predicted molar refractivity (Wildman–Crippen MR) is 127 cm³/mol. The van der Waals surface area contributed by atoms with Crippen molar-refractivity contribution in [2.75, 3.05) is 32.8 Å². The number of rotatable bonds is 11. The largest absolute Gasteiger partial charge is 0.493 e. The van der Waals surface area contributed by atoms with Crippen LogP contribution in [0.5, 0.6) is 23.0 Å². The van der Waals surface area contributed by atoms with Gasteiger partial charge < -0.3 is 29.4 Å². The van der Waals surface area contributed by atoms with Crippen molar-refractivity contribution in [2.24, 2.45) is 0 Å². The summed E-state index contributed by atoms with van der Waals surface area (Å²) in [6, 6.07) is 8.90. The van der Waals surface area contributed by atoms with Gasteiger partial charge in [0.2, 0.25) is 5.78 Å². The molecule has 2 N–H and O–H groups in total. The van der Waals surface area contributed by atoms with Gasteiger partial charge in [0, 0.05) is 11.6 Å². The van der Waals surface area contributed by atoms with E-state index < -0.39 is 17.9 Å². The number of aliphatic carboxylic acids is 1. The number of fused-ring (bicyclic) bond motifs is 1. The number of nitrogens with one attached hydrogen (secondary N) is 1. The first kappa shape index (κ1) is 25.0. The third-order valence-electron chi connectivity index (χ3n) is 4.98. The van der Waals surface area contributed by atoms with E-state index in [9.17, 15) is 19.5 Å². The lowest BCUT2D eigenvalue weighted by molar-refractivity contribution is -0.142. The molecule has 0 saturated carbocycles. The summed E-state index contributed by atoms with van der Waals surface area (Å²) in [7, 11) is 3.03. The molecule has 0 fully saturated rings. The van der Waals surface area contributed by atoms with Crippen molar-refractivity contribution in [2.45, 2.75) is 12.5 Å². The average molecular weight is 488 g/mol. The number of methoxy groups -OCH3 is 2. The van der Waals surface area contributed by atoms with Gasteiger partial charge >= 0.3 is 5.97 Å². The highest BCUT2D eigenvalue weighted by Crippen LogP contribution is 2.37. The van der Waals surface area contributed by atoms with Crippen LogP contribution in [0.25, 0.3) is 6.08 Å². The summed E-state index contributed by atoms with van der Waals surface area (Å²) < 4.78 is 21.9. The Hall–Kier alpha value is -3.66. The molecule has 1 aliphatic rings.